The van der Waals surface area contributed by atoms with Crippen molar-refractivity contribution in [1.29, 1.82) is 0 Å². The van der Waals surface area contributed by atoms with E-state index >= 15 is 0 Å². The minimum atomic E-state index is -0.749. The zero-order valence-electron chi connectivity index (χ0n) is 42.7. The number of carbonyl (C=O) groups excluding carboxylic acids is 4. The molecule has 69 heavy (non-hydrogen) atoms. The molecule has 0 bridgehead atoms. The number of rotatable bonds is 25. The quantitative estimate of drug-likeness (QED) is 0.0458. The molecular weight excluding hydrogens is 883 g/mol. The van der Waals surface area contributed by atoms with E-state index in [9.17, 15) is 19.2 Å². The highest BCUT2D eigenvalue weighted by Gasteiger charge is 2.25. The molecule has 376 valence electrons. The van der Waals surface area contributed by atoms with Gasteiger partial charge in [0.2, 0.25) is 0 Å². The highest BCUT2D eigenvalue weighted by atomic mass is 16.6. The third-order valence-corrected chi connectivity index (χ3v) is 10.1. The summed E-state index contributed by atoms with van der Waals surface area (Å²) in [6.45, 7) is 17.6. The second-order valence-corrected chi connectivity index (χ2v) is 19.7. The molecule has 0 saturated carbocycles. The highest BCUT2D eigenvalue weighted by Crippen LogP contribution is 2.27. The summed E-state index contributed by atoms with van der Waals surface area (Å²) < 4.78 is 45.7. The smallest absolute Gasteiger partial charge is 0.320 e. The standard InChI is InChI=1S/C54H73N3O12/c1-52(2,3)67-49(59)27-18-38-17-25-46(65-36-39-13-21-43(62-10)22-14-39)41(31-38)32-56(34-50(60)68-53(4,5)6)29-30-57(35-51(61)69-54(7,8)9)33-45-47(26-19-42(55-45)20-28-48(58)64-12)66-37-40-15-23-44(63-11)24-16-40/h13-17,19,21-26,31H,18,20,27-30,32-37H2,1-12H3. The van der Waals surface area contributed by atoms with Crippen molar-refractivity contribution < 1.29 is 57.1 Å². The Balaban J connectivity index is 1.71. The van der Waals surface area contributed by atoms with Gasteiger partial charge < -0.3 is 37.9 Å². The largest absolute Gasteiger partial charge is 0.497 e. The summed E-state index contributed by atoms with van der Waals surface area (Å²) in [4.78, 5) is 61.0. The summed E-state index contributed by atoms with van der Waals surface area (Å²) in [6.07, 6.45) is 1.05. The minimum absolute atomic E-state index is 0.0882. The van der Waals surface area contributed by atoms with Crippen molar-refractivity contribution in [3.05, 3.63) is 113 Å². The zero-order valence-corrected chi connectivity index (χ0v) is 42.7. The first-order valence-electron chi connectivity index (χ1n) is 23.3. The van der Waals surface area contributed by atoms with Crippen LogP contribution in [0.4, 0.5) is 0 Å². The van der Waals surface area contributed by atoms with Crippen LogP contribution in [0.1, 0.15) is 109 Å². The lowest BCUT2D eigenvalue weighted by Crippen LogP contribution is -2.42. The molecule has 0 aliphatic carbocycles. The van der Waals surface area contributed by atoms with Crippen LogP contribution in [0.25, 0.3) is 0 Å². The molecule has 0 radical (unpaired) electrons. The van der Waals surface area contributed by atoms with Crippen LogP contribution in [0.3, 0.4) is 0 Å². The summed E-state index contributed by atoms with van der Waals surface area (Å²) in [5.74, 6) is 0.987. The predicted molar refractivity (Wildman–Crippen MR) is 262 cm³/mol. The molecule has 0 aliphatic heterocycles. The van der Waals surface area contributed by atoms with Crippen molar-refractivity contribution in [2.24, 2.45) is 0 Å². The molecule has 4 rings (SSSR count). The van der Waals surface area contributed by atoms with Crippen molar-refractivity contribution in [1.82, 2.24) is 14.8 Å². The van der Waals surface area contributed by atoms with E-state index in [1.807, 2.05) is 151 Å². The Labute approximate surface area is 408 Å². The number of ether oxygens (including phenoxy) is 8. The molecule has 0 saturated heterocycles. The number of nitrogens with zero attached hydrogens (tertiary/aromatic N) is 3. The number of aryl methyl sites for hydroxylation is 2. The predicted octanol–water partition coefficient (Wildman–Crippen LogP) is 8.62. The van der Waals surface area contributed by atoms with E-state index < -0.39 is 28.7 Å². The first-order valence-corrected chi connectivity index (χ1v) is 23.3. The van der Waals surface area contributed by atoms with Crippen LogP contribution in [0.2, 0.25) is 0 Å². The average Bonchev–Trinajstić information content (AvgIpc) is 3.27. The number of pyridine rings is 1. The van der Waals surface area contributed by atoms with Crippen LogP contribution in [-0.4, -0.2) is 103 Å². The van der Waals surface area contributed by atoms with Gasteiger partial charge in [-0.2, -0.15) is 0 Å². The molecule has 0 N–H and O–H groups in total. The SMILES string of the molecule is COC(=O)CCc1ccc(OCc2ccc(OC)cc2)c(CN(CCN(CC(=O)OC(C)(C)C)Cc2cc(CCC(=O)OC(C)(C)C)ccc2OCc2ccc(OC)cc2)CC(=O)OC(C)(C)C)n1. The molecule has 15 heteroatoms. The number of carbonyl (C=O) groups is 4. The van der Waals surface area contributed by atoms with Crippen molar-refractivity contribution >= 4 is 23.9 Å². The van der Waals surface area contributed by atoms with Gasteiger partial charge in [-0.15, -0.1) is 0 Å². The molecule has 0 amide bonds. The van der Waals surface area contributed by atoms with Gasteiger partial charge in [0.15, 0.2) is 0 Å². The van der Waals surface area contributed by atoms with Crippen molar-refractivity contribution in [2.75, 3.05) is 47.5 Å². The number of methoxy groups -OCH3 is 3. The minimum Gasteiger partial charge on any atom is -0.497 e. The number of benzene rings is 3. The van der Waals surface area contributed by atoms with Crippen molar-refractivity contribution in [3.63, 3.8) is 0 Å². The fourth-order valence-electron chi connectivity index (χ4n) is 6.98. The lowest BCUT2D eigenvalue weighted by atomic mass is 10.0. The maximum Gasteiger partial charge on any atom is 0.320 e. The molecule has 0 unspecified atom stereocenters. The molecule has 0 aliphatic rings. The van der Waals surface area contributed by atoms with Crippen LogP contribution < -0.4 is 18.9 Å². The van der Waals surface area contributed by atoms with E-state index in [0.29, 0.717) is 35.7 Å². The topological polar surface area (TPSA) is 161 Å². The van der Waals surface area contributed by atoms with Crippen LogP contribution in [0.15, 0.2) is 78.9 Å². The molecule has 3 aromatic carbocycles. The molecule has 1 aromatic heterocycles. The van der Waals surface area contributed by atoms with Gasteiger partial charge >= 0.3 is 23.9 Å². The number of esters is 4. The van der Waals surface area contributed by atoms with E-state index in [-0.39, 0.29) is 77.3 Å². The lowest BCUT2D eigenvalue weighted by Gasteiger charge is -2.30. The Morgan fingerprint density at radius 3 is 1.45 bits per heavy atom. The van der Waals surface area contributed by atoms with Crippen LogP contribution in [0, 0.1) is 0 Å². The van der Waals surface area contributed by atoms with Crippen molar-refractivity contribution in [3.8, 4) is 23.0 Å². The Kier molecular flexibility index (Phi) is 20.9. The summed E-state index contributed by atoms with van der Waals surface area (Å²) >= 11 is 0. The summed E-state index contributed by atoms with van der Waals surface area (Å²) in [6, 6.07) is 24.6. The molecule has 0 fully saturated rings. The molecule has 1 heterocycles. The second kappa shape index (κ2) is 26.0. The maximum atomic E-state index is 13.7. The van der Waals surface area contributed by atoms with E-state index in [4.69, 9.17) is 42.9 Å². The van der Waals surface area contributed by atoms with E-state index in [1.54, 1.807) is 14.2 Å². The fraction of sp³-hybridized carbons (Fsp3) is 0.500. The Morgan fingerprint density at radius 1 is 0.507 bits per heavy atom. The van der Waals surface area contributed by atoms with Gasteiger partial charge in [0.05, 0.1) is 46.5 Å². The normalized spacial score (nSPS) is 11.8. The number of aromatic nitrogens is 1. The fourth-order valence-corrected chi connectivity index (χ4v) is 6.98. The van der Waals surface area contributed by atoms with Gasteiger partial charge in [0.1, 0.15) is 53.0 Å². The highest BCUT2D eigenvalue weighted by molar-refractivity contribution is 5.73. The van der Waals surface area contributed by atoms with Gasteiger partial charge in [-0.1, -0.05) is 36.4 Å². The van der Waals surface area contributed by atoms with Gasteiger partial charge in [0, 0.05) is 50.3 Å². The van der Waals surface area contributed by atoms with E-state index in [2.05, 4.69) is 0 Å². The van der Waals surface area contributed by atoms with Crippen LogP contribution in [-0.2, 0) is 77.3 Å². The van der Waals surface area contributed by atoms with Gasteiger partial charge in [0.25, 0.3) is 0 Å². The van der Waals surface area contributed by atoms with E-state index in [0.717, 1.165) is 33.8 Å². The first-order chi connectivity index (χ1) is 32.5. The summed E-state index contributed by atoms with van der Waals surface area (Å²) in [5, 5.41) is 0. The van der Waals surface area contributed by atoms with E-state index in [1.165, 1.54) is 7.11 Å². The Hall–Kier alpha value is -6.19. The molecular formula is C54H73N3O12. The number of hydrogen-bond donors (Lipinski definition) is 0. The molecule has 0 spiro atoms. The van der Waals surface area contributed by atoms with Crippen LogP contribution in [0.5, 0.6) is 23.0 Å². The summed E-state index contributed by atoms with van der Waals surface area (Å²) in [5.41, 5.74) is 2.57. The van der Waals surface area contributed by atoms with Gasteiger partial charge in [-0.25, -0.2) is 0 Å². The number of hydrogen-bond acceptors (Lipinski definition) is 15. The van der Waals surface area contributed by atoms with Crippen molar-refractivity contribution in [2.45, 2.75) is 131 Å². The molecule has 15 nitrogen and oxygen atoms in total. The third kappa shape index (κ3) is 21.3. The van der Waals surface area contributed by atoms with Crippen LogP contribution >= 0.6 is 0 Å². The first kappa shape index (κ1) is 55.4. The average molecular weight is 956 g/mol. The van der Waals surface area contributed by atoms with Gasteiger partial charge in [-0.05, 0) is 128 Å². The van der Waals surface area contributed by atoms with Gasteiger partial charge in [-0.3, -0.25) is 34.0 Å². The molecule has 0 atom stereocenters. The zero-order chi connectivity index (χ0) is 50.8. The molecule has 4 aromatic rings. The summed E-state index contributed by atoms with van der Waals surface area (Å²) in [7, 11) is 4.57. The monoisotopic (exact) mass is 956 g/mol. The Bertz CT molecular complexity index is 2280. The maximum absolute atomic E-state index is 13.7. The Morgan fingerprint density at radius 2 is 0.957 bits per heavy atom. The second-order valence-electron chi connectivity index (χ2n) is 19.7. The lowest BCUT2D eigenvalue weighted by molar-refractivity contribution is -0.158. The third-order valence-electron chi connectivity index (χ3n) is 10.1.